The van der Waals surface area contributed by atoms with Crippen molar-refractivity contribution in [2.75, 3.05) is 40.3 Å². The van der Waals surface area contributed by atoms with Gasteiger partial charge in [-0.25, -0.2) is 0 Å². The lowest BCUT2D eigenvalue weighted by molar-refractivity contribution is -0.129. The number of para-hydroxylation sites is 1. The number of likely N-dealkylation sites (N-methyl/N-ethyl adjacent to an activating group) is 1. The Bertz CT molecular complexity index is 857. The first kappa shape index (κ1) is 18.5. The number of H-pyrrole nitrogens is 1. The van der Waals surface area contributed by atoms with Crippen LogP contribution in [0.25, 0.3) is 10.9 Å². The van der Waals surface area contributed by atoms with Crippen LogP contribution in [0, 0.1) is 13.8 Å². The molecule has 0 aliphatic carbocycles. The van der Waals surface area contributed by atoms with E-state index in [0.29, 0.717) is 12.3 Å². The number of nitrogens with zero attached hydrogens (tertiary/aromatic N) is 3. The molecule has 146 valence electrons. The number of aryl methyl sites for hydroxylation is 2. The summed E-state index contributed by atoms with van der Waals surface area (Å²) in [4.78, 5) is 22.8. The monoisotopic (exact) mass is 368 g/mol. The molecule has 0 radical (unpaired) electrons. The summed E-state index contributed by atoms with van der Waals surface area (Å²) in [5.74, 6) is 0.291. The van der Waals surface area contributed by atoms with Crippen LogP contribution >= 0.6 is 0 Å². The summed E-state index contributed by atoms with van der Waals surface area (Å²) in [5, 5.41) is 1.34. The van der Waals surface area contributed by atoms with Gasteiger partial charge in [-0.15, -0.1) is 0 Å². The van der Waals surface area contributed by atoms with Gasteiger partial charge in [0.1, 0.15) is 0 Å². The highest BCUT2D eigenvalue weighted by Gasteiger charge is 2.41. The summed E-state index contributed by atoms with van der Waals surface area (Å²) in [7, 11) is 4.18. The summed E-state index contributed by atoms with van der Waals surface area (Å²) in [5.41, 5.74) is 5.40. The van der Waals surface area contributed by atoms with Crippen LogP contribution in [-0.2, 0) is 11.3 Å². The molecule has 4 rings (SSSR count). The molecule has 1 atom stereocenters. The van der Waals surface area contributed by atoms with Gasteiger partial charge in [0.05, 0.1) is 5.52 Å². The second-order valence-corrected chi connectivity index (χ2v) is 8.64. The third kappa shape index (κ3) is 3.27. The lowest BCUT2D eigenvalue weighted by Gasteiger charge is -2.49. The van der Waals surface area contributed by atoms with Gasteiger partial charge in [0.15, 0.2) is 0 Å². The minimum absolute atomic E-state index is 0.119. The van der Waals surface area contributed by atoms with Crippen LogP contribution in [0.5, 0.6) is 0 Å². The van der Waals surface area contributed by atoms with Crippen LogP contribution < -0.4 is 0 Å². The normalized spacial score (nSPS) is 25.5. The Morgan fingerprint density at radius 3 is 2.74 bits per heavy atom. The zero-order valence-corrected chi connectivity index (χ0v) is 17.1. The van der Waals surface area contributed by atoms with Gasteiger partial charge < -0.3 is 9.88 Å². The van der Waals surface area contributed by atoms with E-state index in [9.17, 15) is 4.79 Å². The lowest BCUT2D eigenvalue weighted by Crippen LogP contribution is -2.60. The summed E-state index contributed by atoms with van der Waals surface area (Å²) < 4.78 is 0. The van der Waals surface area contributed by atoms with Gasteiger partial charge in [-0.2, -0.15) is 0 Å². The molecule has 5 heteroatoms. The molecule has 1 N–H and O–H groups in total. The number of aromatic nitrogens is 1. The largest absolute Gasteiger partial charge is 0.358 e. The molecule has 1 spiro atoms. The van der Waals surface area contributed by atoms with Gasteiger partial charge in [-0.3, -0.25) is 14.6 Å². The first-order valence-electron chi connectivity index (χ1n) is 10.1. The van der Waals surface area contributed by atoms with Crippen molar-refractivity contribution < 1.29 is 4.79 Å². The molecular formula is C22H32N4O. The molecule has 2 fully saturated rings. The standard InChI is InChI=1S/C22H32N4O/c1-16-17(2)23-21-18(6-5-7-19(16)21)14-26-13-12-25(4)22(15-26)9-8-20(27)24(3)11-10-22/h5-7,23H,8-15H2,1-4H3. The molecule has 1 aromatic heterocycles. The van der Waals surface area contributed by atoms with Gasteiger partial charge in [-0.1, -0.05) is 18.2 Å². The fourth-order valence-electron chi connectivity index (χ4n) is 4.89. The first-order chi connectivity index (χ1) is 12.9. The van der Waals surface area contributed by atoms with Gasteiger partial charge in [0.2, 0.25) is 5.91 Å². The number of hydrogen-bond donors (Lipinski definition) is 1. The molecule has 27 heavy (non-hydrogen) atoms. The Kier molecular flexibility index (Phi) is 4.77. The van der Waals surface area contributed by atoms with E-state index >= 15 is 0 Å². The number of hydrogen-bond acceptors (Lipinski definition) is 3. The number of carbonyl (C=O) groups is 1. The summed E-state index contributed by atoms with van der Waals surface area (Å²) in [6, 6.07) is 6.66. The first-order valence-corrected chi connectivity index (χ1v) is 10.1. The van der Waals surface area contributed by atoms with E-state index in [1.54, 1.807) is 0 Å². The van der Waals surface area contributed by atoms with Gasteiger partial charge in [0.25, 0.3) is 0 Å². The Labute approximate surface area is 162 Å². The van der Waals surface area contributed by atoms with Gasteiger partial charge in [-0.05, 0) is 44.9 Å². The van der Waals surface area contributed by atoms with E-state index in [2.05, 4.69) is 53.9 Å². The number of likely N-dealkylation sites (tertiary alicyclic amines) is 1. The Hall–Kier alpha value is -1.85. The summed E-state index contributed by atoms with van der Waals surface area (Å²) >= 11 is 0. The maximum absolute atomic E-state index is 12.2. The molecular weight excluding hydrogens is 336 g/mol. The van der Waals surface area contributed by atoms with Gasteiger partial charge >= 0.3 is 0 Å². The zero-order chi connectivity index (χ0) is 19.2. The van der Waals surface area contributed by atoms with Crippen molar-refractivity contribution in [3.8, 4) is 0 Å². The fraction of sp³-hybridized carbons (Fsp3) is 0.591. The Morgan fingerprint density at radius 1 is 1.11 bits per heavy atom. The maximum atomic E-state index is 12.2. The smallest absolute Gasteiger partial charge is 0.222 e. The number of rotatable bonds is 2. The van der Waals surface area contributed by atoms with Crippen molar-refractivity contribution in [2.24, 2.45) is 0 Å². The number of aromatic amines is 1. The van der Waals surface area contributed by atoms with E-state index in [4.69, 9.17) is 0 Å². The molecule has 2 saturated heterocycles. The molecule has 5 nitrogen and oxygen atoms in total. The molecule has 2 aromatic rings. The van der Waals surface area contributed by atoms with Crippen LogP contribution in [0.1, 0.15) is 36.1 Å². The molecule has 2 aliphatic rings. The minimum atomic E-state index is 0.119. The number of nitrogens with one attached hydrogen (secondary N) is 1. The quantitative estimate of drug-likeness (QED) is 0.886. The third-order valence-corrected chi connectivity index (χ3v) is 7.05. The number of fused-ring (bicyclic) bond motifs is 1. The van der Waals surface area contributed by atoms with Crippen molar-refractivity contribution in [1.82, 2.24) is 19.7 Å². The third-order valence-electron chi connectivity index (χ3n) is 7.05. The number of carbonyl (C=O) groups excluding carboxylic acids is 1. The van der Waals surface area contributed by atoms with E-state index in [-0.39, 0.29) is 5.54 Å². The van der Waals surface area contributed by atoms with Gasteiger partial charge in [0, 0.05) is 62.8 Å². The maximum Gasteiger partial charge on any atom is 0.222 e. The predicted octanol–water partition coefficient (Wildman–Crippen LogP) is 2.91. The number of piperazine rings is 1. The predicted molar refractivity (Wildman–Crippen MR) is 110 cm³/mol. The van der Waals surface area contributed by atoms with E-state index in [1.807, 2.05) is 11.9 Å². The minimum Gasteiger partial charge on any atom is -0.358 e. The van der Waals surface area contributed by atoms with Crippen molar-refractivity contribution >= 4 is 16.8 Å². The van der Waals surface area contributed by atoms with Crippen LogP contribution in [0.2, 0.25) is 0 Å². The molecule has 2 aliphatic heterocycles. The molecule has 3 heterocycles. The molecule has 1 unspecified atom stereocenters. The SMILES string of the molecule is Cc1[nH]c2c(CN3CCN(C)C4(CCC(=O)N(C)CC4)C3)cccc2c1C. The highest BCUT2D eigenvalue weighted by atomic mass is 16.2. The Balaban J connectivity index is 1.57. The van der Waals surface area contributed by atoms with Crippen molar-refractivity contribution in [3.05, 3.63) is 35.0 Å². The van der Waals surface area contributed by atoms with Crippen LogP contribution in [0.3, 0.4) is 0 Å². The van der Waals surface area contributed by atoms with Crippen molar-refractivity contribution in [3.63, 3.8) is 0 Å². The zero-order valence-electron chi connectivity index (χ0n) is 17.1. The Morgan fingerprint density at radius 2 is 1.93 bits per heavy atom. The number of amides is 1. The fourth-order valence-corrected chi connectivity index (χ4v) is 4.89. The van der Waals surface area contributed by atoms with Crippen LogP contribution in [0.15, 0.2) is 18.2 Å². The highest BCUT2D eigenvalue weighted by Crippen LogP contribution is 2.33. The van der Waals surface area contributed by atoms with Crippen molar-refractivity contribution in [2.45, 2.75) is 45.2 Å². The molecule has 1 amide bonds. The lowest BCUT2D eigenvalue weighted by atomic mass is 9.86. The highest BCUT2D eigenvalue weighted by molar-refractivity contribution is 5.87. The number of benzene rings is 1. The average molecular weight is 369 g/mol. The average Bonchev–Trinajstić information content (AvgIpc) is 2.87. The van der Waals surface area contributed by atoms with E-state index in [1.165, 1.54) is 27.7 Å². The second kappa shape index (κ2) is 6.95. The summed E-state index contributed by atoms with van der Waals surface area (Å²) in [6.07, 6.45) is 2.69. The van der Waals surface area contributed by atoms with E-state index < -0.39 is 0 Å². The molecule has 1 aromatic carbocycles. The van der Waals surface area contributed by atoms with Crippen LogP contribution in [-0.4, -0.2) is 71.4 Å². The van der Waals surface area contributed by atoms with Crippen molar-refractivity contribution in [1.29, 1.82) is 0 Å². The summed E-state index contributed by atoms with van der Waals surface area (Å²) in [6.45, 7) is 9.37. The second-order valence-electron chi connectivity index (χ2n) is 8.64. The topological polar surface area (TPSA) is 42.6 Å². The molecule has 0 saturated carbocycles. The van der Waals surface area contributed by atoms with Crippen LogP contribution in [0.4, 0.5) is 0 Å². The molecule has 0 bridgehead atoms. The van der Waals surface area contributed by atoms with E-state index in [0.717, 1.165) is 45.6 Å².